The van der Waals surface area contributed by atoms with Gasteiger partial charge in [-0.1, -0.05) is 23.1 Å². The lowest BCUT2D eigenvalue weighted by atomic mass is 10.1. The van der Waals surface area contributed by atoms with Crippen molar-refractivity contribution in [2.75, 3.05) is 42.7 Å². The maximum Gasteiger partial charge on any atom is 0.257 e. The van der Waals surface area contributed by atoms with Gasteiger partial charge in [0.2, 0.25) is 21.1 Å². The molecule has 0 aliphatic carbocycles. The highest BCUT2D eigenvalue weighted by Crippen LogP contribution is 2.26. The minimum absolute atomic E-state index is 0.0543. The number of thioether (sulfide) groups is 1. The molecule has 0 spiro atoms. The largest absolute Gasteiger partial charge is 0.379 e. The minimum Gasteiger partial charge on any atom is -0.379 e. The molecule has 0 saturated carbocycles. The fourth-order valence-corrected chi connectivity index (χ4v) is 6.27. The molecule has 37 heavy (non-hydrogen) atoms. The highest BCUT2D eigenvalue weighted by molar-refractivity contribution is 8.01. The molecular formula is C23H23N5O6S3. The number of carbonyl (C=O) groups is 3. The molecule has 0 radical (unpaired) electrons. The third-order valence-corrected chi connectivity index (χ3v) is 9.14. The summed E-state index contributed by atoms with van der Waals surface area (Å²) in [7, 11) is -3.65. The van der Waals surface area contributed by atoms with Crippen LogP contribution in [0.15, 0.2) is 57.8 Å². The third kappa shape index (κ3) is 6.99. The van der Waals surface area contributed by atoms with Gasteiger partial charge < -0.3 is 10.1 Å². The number of hydrogen-bond acceptors (Lipinski definition) is 10. The van der Waals surface area contributed by atoms with E-state index in [0.717, 1.165) is 23.1 Å². The number of anilines is 2. The van der Waals surface area contributed by atoms with Crippen molar-refractivity contribution in [1.29, 1.82) is 0 Å². The molecule has 3 aromatic rings. The number of nitrogens with one attached hydrogen (secondary N) is 2. The first kappa shape index (κ1) is 26.9. The van der Waals surface area contributed by atoms with Crippen molar-refractivity contribution in [2.45, 2.75) is 16.2 Å². The molecule has 1 saturated heterocycles. The number of nitrogens with zero attached hydrogens (tertiary/aromatic N) is 3. The van der Waals surface area contributed by atoms with Crippen LogP contribution in [0.3, 0.4) is 0 Å². The molecule has 1 aromatic heterocycles. The Morgan fingerprint density at radius 1 is 0.973 bits per heavy atom. The van der Waals surface area contributed by atoms with Gasteiger partial charge in [-0.05, 0) is 55.5 Å². The van der Waals surface area contributed by atoms with E-state index in [1.54, 1.807) is 24.3 Å². The average Bonchev–Trinajstić information content (AvgIpc) is 3.35. The van der Waals surface area contributed by atoms with Gasteiger partial charge in [-0.2, -0.15) is 4.31 Å². The summed E-state index contributed by atoms with van der Waals surface area (Å²) >= 11 is 2.28. The van der Waals surface area contributed by atoms with Crippen molar-refractivity contribution in [2.24, 2.45) is 0 Å². The average molecular weight is 562 g/mol. The number of ketones is 1. The van der Waals surface area contributed by atoms with Crippen molar-refractivity contribution in [1.82, 2.24) is 14.5 Å². The predicted molar refractivity (Wildman–Crippen MR) is 140 cm³/mol. The zero-order valence-corrected chi connectivity index (χ0v) is 22.1. The second-order valence-electron chi connectivity index (χ2n) is 7.84. The van der Waals surface area contributed by atoms with E-state index in [-0.39, 0.29) is 46.1 Å². The van der Waals surface area contributed by atoms with Crippen LogP contribution in [0.2, 0.25) is 0 Å². The molecule has 194 valence electrons. The van der Waals surface area contributed by atoms with E-state index in [1.165, 1.54) is 35.5 Å². The van der Waals surface area contributed by atoms with E-state index in [1.807, 2.05) is 0 Å². The lowest BCUT2D eigenvalue weighted by Crippen LogP contribution is -2.40. The Hall–Kier alpha value is -3.17. The van der Waals surface area contributed by atoms with Gasteiger partial charge in [0.25, 0.3) is 5.91 Å². The Morgan fingerprint density at radius 2 is 1.62 bits per heavy atom. The summed E-state index contributed by atoms with van der Waals surface area (Å²) in [5, 5.41) is 13.5. The Morgan fingerprint density at radius 3 is 2.27 bits per heavy atom. The first-order chi connectivity index (χ1) is 17.7. The zero-order valence-electron chi connectivity index (χ0n) is 19.7. The van der Waals surface area contributed by atoms with Crippen LogP contribution in [-0.4, -0.2) is 72.6 Å². The zero-order chi connectivity index (χ0) is 26.4. The quantitative estimate of drug-likeness (QED) is 0.229. The molecule has 0 atom stereocenters. The van der Waals surface area contributed by atoms with Crippen LogP contribution in [0, 0.1) is 0 Å². The number of morpholine rings is 1. The number of carbonyl (C=O) groups excluding carboxylic acids is 3. The van der Waals surface area contributed by atoms with E-state index in [9.17, 15) is 22.8 Å². The minimum atomic E-state index is -3.65. The Kier molecular flexibility index (Phi) is 8.66. The molecule has 1 aliphatic heterocycles. The number of hydrogen-bond donors (Lipinski definition) is 2. The van der Waals surface area contributed by atoms with Crippen LogP contribution in [0.4, 0.5) is 10.8 Å². The fraction of sp³-hybridized carbons (Fsp3) is 0.261. The molecule has 2 N–H and O–H groups in total. The number of benzene rings is 2. The van der Waals surface area contributed by atoms with E-state index >= 15 is 0 Å². The molecule has 2 heterocycles. The molecule has 0 unspecified atom stereocenters. The highest BCUT2D eigenvalue weighted by Gasteiger charge is 2.26. The summed E-state index contributed by atoms with van der Waals surface area (Å²) in [5.74, 6) is -0.694. The number of aromatic nitrogens is 2. The maximum absolute atomic E-state index is 12.7. The summed E-state index contributed by atoms with van der Waals surface area (Å²) < 4.78 is 32.5. The summed E-state index contributed by atoms with van der Waals surface area (Å²) in [5.41, 5.74) is 1.40. The topological polar surface area (TPSA) is 148 Å². The summed E-state index contributed by atoms with van der Waals surface area (Å²) in [6.45, 7) is 2.75. The van der Waals surface area contributed by atoms with E-state index < -0.39 is 15.9 Å². The number of ether oxygens (including phenoxy) is 1. The molecule has 1 fully saturated rings. The van der Waals surface area contributed by atoms with Gasteiger partial charge in [0.15, 0.2) is 10.1 Å². The van der Waals surface area contributed by atoms with Crippen molar-refractivity contribution in [3.63, 3.8) is 0 Å². The smallest absolute Gasteiger partial charge is 0.257 e. The SMILES string of the molecule is CC(=O)c1ccc(NC(=O)CSc2nnc(NC(=O)c3ccc(S(=O)(=O)N4CCOCC4)cc3)s2)cc1. The van der Waals surface area contributed by atoms with E-state index in [0.29, 0.717) is 28.8 Å². The normalized spacial score (nSPS) is 14.2. The van der Waals surface area contributed by atoms with Crippen molar-refractivity contribution < 1.29 is 27.5 Å². The molecule has 1 aliphatic rings. The lowest BCUT2D eigenvalue weighted by Gasteiger charge is -2.26. The summed E-state index contributed by atoms with van der Waals surface area (Å²) in [6, 6.07) is 12.3. The van der Waals surface area contributed by atoms with Gasteiger partial charge in [0.05, 0.1) is 23.9 Å². The number of sulfonamides is 1. The number of rotatable bonds is 9. The molecule has 2 aromatic carbocycles. The number of Topliss-reactive ketones (excluding diaryl/α,β-unsaturated/α-hetero) is 1. The molecule has 14 heteroatoms. The molecule has 0 bridgehead atoms. The summed E-state index contributed by atoms with van der Waals surface area (Å²) in [4.78, 5) is 36.2. The van der Waals surface area contributed by atoms with Gasteiger partial charge in [-0.15, -0.1) is 10.2 Å². The van der Waals surface area contributed by atoms with E-state index in [2.05, 4.69) is 20.8 Å². The molecule has 2 amide bonds. The van der Waals surface area contributed by atoms with Gasteiger partial charge in [0.1, 0.15) is 0 Å². The first-order valence-electron chi connectivity index (χ1n) is 11.1. The standard InChI is InChI=1S/C23H23N5O6S3/c1-15(29)16-2-6-18(7-3-16)24-20(30)14-35-23-27-26-22(36-23)25-21(31)17-4-8-19(9-5-17)37(32,33)28-10-12-34-13-11-28/h2-9H,10-14H2,1H3,(H,24,30)(H,25,26,31). The molecule has 4 rings (SSSR count). The van der Waals surface area contributed by atoms with Gasteiger partial charge in [0, 0.05) is 29.9 Å². The van der Waals surface area contributed by atoms with Crippen molar-refractivity contribution >= 4 is 61.5 Å². The van der Waals surface area contributed by atoms with Crippen LogP contribution < -0.4 is 10.6 Å². The van der Waals surface area contributed by atoms with Gasteiger partial charge >= 0.3 is 0 Å². The fourth-order valence-electron chi connectivity index (χ4n) is 3.31. The third-order valence-electron chi connectivity index (χ3n) is 5.25. The summed E-state index contributed by atoms with van der Waals surface area (Å²) in [6.07, 6.45) is 0. The molecule has 11 nitrogen and oxygen atoms in total. The monoisotopic (exact) mass is 561 g/mol. The van der Waals surface area contributed by atoms with Crippen LogP contribution >= 0.6 is 23.1 Å². The Balaban J connectivity index is 1.28. The number of amides is 2. The van der Waals surface area contributed by atoms with Crippen molar-refractivity contribution in [3.05, 3.63) is 59.7 Å². The molecular weight excluding hydrogens is 538 g/mol. The Bertz CT molecular complexity index is 1380. The Labute approximate surface area is 221 Å². The highest BCUT2D eigenvalue weighted by atomic mass is 32.2. The predicted octanol–water partition coefficient (Wildman–Crippen LogP) is 2.74. The van der Waals surface area contributed by atoms with Crippen LogP contribution in [0.1, 0.15) is 27.6 Å². The van der Waals surface area contributed by atoms with Crippen molar-refractivity contribution in [3.8, 4) is 0 Å². The first-order valence-corrected chi connectivity index (χ1v) is 14.3. The van der Waals surface area contributed by atoms with Gasteiger partial charge in [-0.25, -0.2) is 8.42 Å². The lowest BCUT2D eigenvalue weighted by molar-refractivity contribution is -0.113. The van der Waals surface area contributed by atoms with Crippen LogP contribution in [-0.2, 0) is 19.6 Å². The second kappa shape index (κ2) is 11.9. The second-order valence-corrected chi connectivity index (χ2v) is 12.0. The van der Waals surface area contributed by atoms with Gasteiger partial charge in [-0.3, -0.25) is 19.7 Å². The van der Waals surface area contributed by atoms with Crippen LogP contribution in [0.25, 0.3) is 0 Å². The maximum atomic E-state index is 12.7. The van der Waals surface area contributed by atoms with Crippen LogP contribution in [0.5, 0.6) is 0 Å². The van der Waals surface area contributed by atoms with E-state index in [4.69, 9.17) is 4.74 Å².